The number of esters is 1. The van der Waals surface area contributed by atoms with Crippen LogP contribution in [0.15, 0.2) is 46.6 Å². The number of tetrazole rings is 1. The number of fused-ring (bicyclic) bond motifs is 1. The normalized spacial score (nSPS) is 12.2. The maximum Gasteiger partial charge on any atom is 0.327 e. The fraction of sp³-hybridized carbons (Fsp3) is 0.318. The molecule has 1 atom stereocenters. The molecule has 166 valence electrons. The van der Waals surface area contributed by atoms with Gasteiger partial charge in [-0.2, -0.15) is 0 Å². The summed E-state index contributed by atoms with van der Waals surface area (Å²) in [7, 11) is 0. The molecule has 10 heteroatoms. The summed E-state index contributed by atoms with van der Waals surface area (Å²) in [6, 6.07) is 11.8. The van der Waals surface area contributed by atoms with Crippen molar-refractivity contribution in [1.82, 2.24) is 30.5 Å². The van der Waals surface area contributed by atoms with E-state index in [0.717, 1.165) is 21.3 Å². The SMILES string of the molecule is CCOC(=O)Cn1nnnc1CNC(Cc1cc2cc(C)ccc2[nH]c1=O)c1cccs1. The van der Waals surface area contributed by atoms with Crippen molar-refractivity contribution in [1.29, 1.82) is 0 Å². The van der Waals surface area contributed by atoms with Crippen LogP contribution in [0.25, 0.3) is 10.9 Å². The molecule has 9 nitrogen and oxygen atoms in total. The number of rotatable bonds is 9. The molecule has 32 heavy (non-hydrogen) atoms. The summed E-state index contributed by atoms with van der Waals surface area (Å²) in [5, 5.41) is 18.0. The summed E-state index contributed by atoms with van der Waals surface area (Å²) < 4.78 is 6.40. The van der Waals surface area contributed by atoms with E-state index in [1.807, 2.05) is 42.6 Å². The molecular formula is C22H24N6O3S. The highest BCUT2D eigenvalue weighted by Crippen LogP contribution is 2.23. The lowest BCUT2D eigenvalue weighted by Gasteiger charge is -2.17. The Labute approximate surface area is 188 Å². The number of aromatic amines is 1. The van der Waals surface area contributed by atoms with Crippen molar-refractivity contribution in [3.8, 4) is 0 Å². The van der Waals surface area contributed by atoms with Crippen LogP contribution in [0, 0.1) is 6.92 Å². The number of H-pyrrole nitrogens is 1. The van der Waals surface area contributed by atoms with Crippen molar-refractivity contribution >= 4 is 28.2 Å². The monoisotopic (exact) mass is 452 g/mol. The second-order valence-corrected chi connectivity index (χ2v) is 8.40. The first-order chi connectivity index (χ1) is 15.5. The molecule has 1 aromatic carbocycles. The summed E-state index contributed by atoms with van der Waals surface area (Å²) in [6.45, 7) is 4.36. The summed E-state index contributed by atoms with van der Waals surface area (Å²) >= 11 is 1.61. The maximum atomic E-state index is 12.7. The third-order valence-electron chi connectivity index (χ3n) is 5.08. The van der Waals surface area contributed by atoms with Gasteiger partial charge >= 0.3 is 5.97 Å². The topological polar surface area (TPSA) is 115 Å². The Kier molecular flexibility index (Phi) is 6.72. The molecule has 0 fully saturated rings. The number of nitrogens with one attached hydrogen (secondary N) is 2. The lowest BCUT2D eigenvalue weighted by atomic mass is 10.0. The number of pyridine rings is 1. The molecule has 1 unspecified atom stereocenters. The van der Waals surface area contributed by atoms with Crippen LogP contribution in [0.2, 0.25) is 0 Å². The number of benzene rings is 1. The van der Waals surface area contributed by atoms with Gasteiger partial charge in [-0.15, -0.1) is 16.4 Å². The van der Waals surface area contributed by atoms with Crippen LogP contribution in [0.5, 0.6) is 0 Å². The highest BCUT2D eigenvalue weighted by molar-refractivity contribution is 7.10. The van der Waals surface area contributed by atoms with Gasteiger partial charge in [-0.1, -0.05) is 17.7 Å². The van der Waals surface area contributed by atoms with Gasteiger partial charge in [-0.3, -0.25) is 9.59 Å². The second-order valence-electron chi connectivity index (χ2n) is 7.43. The first-order valence-corrected chi connectivity index (χ1v) is 11.2. The number of ether oxygens (including phenoxy) is 1. The highest BCUT2D eigenvalue weighted by atomic mass is 32.1. The quantitative estimate of drug-likeness (QED) is 0.375. The number of aryl methyl sites for hydroxylation is 1. The molecule has 0 amide bonds. The molecule has 0 spiro atoms. The van der Waals surface area contributed by atoms with Crippen LogP contribution in [-0.4, -0.2) is 37.8 Å². The number of carbonyl (C=O) groups excluding carboxylic acids is 1. The zero-order valence-electron chi connectivity index (χ0n) is 17.9. The number of carbonyl (C=O) groups is 1. The van der Waals surface area contributed by atoms with E-state index in [4.69, 9.17) is 4.74 Å². The molecule has 0 bridgehead atoms. The van der Waals surface area contributed by atoms with Gasteiger partial charge in [-0.25, -0.2) is 4.68 Å². The van der Waals surface area contributed by atoms with Crippen LogP contribution in [-0.2, 0) is 29.0 Å². The molecule has 0 saturated heterocycles. The van der Waals surface area contributed by atoms with Gasteiger partial charge in [0, 0.05) is 22.0 Å². The van der Waals surface area contributed by atoms with Gasteiger partial charge in [0.05, 0.1) is 13.2 Å². The fourth-order valence-corrected chi connectivity index (χ4v) is 4.32. The summed E-state index contributed by atoms with van der Waals surface area (Å²) in [6.07, 6.45) is 0.499. The third kappa shape index (κ3) is 5.09. The Hall–Kier alpha value is -3.37. The maximum absolute atomic E-state index is 12.7. The van der Waals surface area contributed by atoms with E-state index >= 15 is 0 Å². The standard InChI is InChI=1S/C22H24N6O3S/c1-3-31-21(29)13-28-20(25-26-27-28)12-23-18(19-5-4-8-32-19)11-16-10-15-9-14(2)6-7-17(15)24-22(16)30/h4-10,18,23H,3,11-13H2,1-2H3,(H,24,30). The molecule has 4 aromatic rings. The number of thiophene rings is 1. The minimum Gasteiger partial charge on any atom is -0.465 e. The van der Waals surface area contributed by atoms with E-state index in [-0.39, 0.29) is 18.1 Å². The first-order valence-electron chi connectivity index (χ1n) is 10.3. The van der Waals surface area contributed by atoms with E-state index in [2.05, 4.69) is 31.9 Å². The molecule has 0 aliphatic heterocycles. The Morgan fingerprint density at radius 3 is 2.97 bits per heavy atom. The summed E-state index contributed by atoms with van der Waals surface area (Å²) in [4.78, 5) is 28.6. The number of hydrogen-bond donors (Lipinski definition) is 2. The van der Waals surface area contributed by atoms with Crippen LogP contribution in [0.4, 0.5) is 0 Å². The van der Waals surface area contributed by atoms with Crippen molar-refractivity contribution in [3.05, 3.63) is 74.0 Å². The van der Waals surface area contributed by atoms with Gasteiger partial charge in [0.25, 0.3) is 5.56 Å². The van der Waals surface area contributed by atoms with Gasteiger partial charge in [0.2, 0.25) is 0 Å². The molecular weight excluding hydrogens is 428 g/mol. The predicted molar refractivity (Wildman–Crippen MR) is 121 cm³/mol. The predicted octanol–water partition coefficient (Wildman–Crippen LogP) is 2.52. The lowest BCUT2D eigenvalue weighted by molar-refractivity contribution is -0.144. The van der Waals surface area contributed by atoms with E-state index in [1.54, 1.807) is 18.3 Å². The highest BCUT2D eigenvalue weighted by Gasteiger charge is 2.18. The third-order valence-corrected chi connectivity index (χ3v) is 6.07. The van der Waals surface area contributed by atoms with Crippen LogP contribution < -0.4 is 10.9 Å². The van der Waals surface area contributed by atoms with Crippen LogP contribution in [0.1, 0.15) is 34.8 Å². The van der Waals surface area contributed by atoms with Gasteiger partial charge in [0.1, 0.15) is 6.54 Å². The smallest absolute Gasteiger partial charge is 0.327 e. The molecule has 0 radical (unpaired) electrons. The zero-order valence-corrected chi connectivity index (χ0v) is 18.7. The fourth-order valence-electron chi connectivity index (χ4n) is 3.52. The van der Waals surface area contributed by atoms with E-state index < -0.39 is 5.97 Å². The average molecular weight is 453 g/mol. The van der Waals surface area contributed by atoms with Gasteiger partial charge in [-0.05, 0) is 65.7 Å². The molecule has 2 N–H and O–H groups in total. The van der Waals surface area contributed by atoms with Crippen LogP contribution >= 0.6 is 11.3 Å². The Morgan fingerprint density at radius 2 is 2.19 bits per heavy atom. The minimum absolute atomic E-state index is 0.0504. The Balaban J connectivity index is 1.55. The van der Waals surface area contributed by atoms with Crippen molar-refractivity contribution in [2.75, 3.05) is 6.61 Å². The van der Waals surface area contributed by atoms with E-state index in [0.29, 0.717) is 31.0 Å². The lowest BCUT2D eigenvalue weighted by Crippen LogP contribution is -2.27. The first kappa shape index (κ1) is 21.8. The van der Waals surface area contributed by atoms with Gasteiger partial charge < -0.3 is 15.0 Å². The molecule has 3 heterocycles. The second kappa shape index (κ2) is 9.84. The Morgan fingerprint density at radius 1 is 1.31 bits per heavy atom. The number of aromatic nitrogens is 5. The average Bonchev–Trinajstić information content (AvgIpc) is 3.44. The zero-order chi connectivity index (χ0) is 22.5. The molecule has 0 aliphatic rings. The van der Waals surface area contributed by atoms with Crippen molar-refractivity contribution in [2.24, 2.45) is 0 Å². The summed E-state index contributed by atoms with van der Waals surface area (Å²) in [5.74, 6) is 0.122. The van der Waals surface area contributed by atoms with Gasteiger partial charge in [0.15, 0.2) is 5.82 Å². The largest absolute Gasteiger partial charge is 0.465 e. The van der Waals surface area contributed by atoms with Crippen molar-refractivity contribution in [3.63, 3.8) is 0 Å². The van der Waals surface area contributed by atoms with E-state index in [1.165, 1.54) is 4.68 Å². The van der Waals surface area contributed by atoms with E-state index in [9.17, 15) is 9.59 Å². The number of hydrogen-bond acceptors (Lipinski definition) is 8. The summed E-state index contributed by atoms with van der Waals surface area (Å²) in [5.41, 5.74) is 2.55. The molecule has 4 rings (SSSR count). The molecule has 0 aliphatic carbocycles. The number of nitrogens with zero attached hydrogens (tertiary/aromatic N) is 4. The minimum atomic E-state index is -0.395. The van der Waals surface area contributed by atoms with Crippen molar-refractivity contribution in [2.45, 2.75) is 39.4 Å². The van der Waals surface area contributed by atoms with Crippen molar-refractivity contribution < 1.29 is 9.53 Å². The molecule has 0 saturated carbocycles. The van der Waals surface area contributed by atoms with Crippen LogP contribution in [0.3, 0.4) is 0 Å². The molecule has 3 aromatic heterocycles. The Bertz CT molecular complexity index is 1260.